The van der Waals surface area contributed by atoms with Gasteiger partial charge in [-0.05, 0) is 30.5 Å². The maximum atomic E-state index is 11.8. The molecular formula is C16H24ClN3O2. The standard InChI is InChI=1S/C16H24ClN3O2/c1-11(2)9-18-16(21)19-13-6-7-20(10-13)14-8-12(17)4-5-15(14)22-3/h4-5,8,11,13H,6-7,9-10H2,1-3H3,(H2,18,19,21). The second kappa shape index (κ2) is 7.58. The Morgan fingerprint density at radius 1 is 1.50 bits per heavy atom. The predicted molar refractivity (Wildman–Crippen MR) is 90.0 cm³/mol. The minimum Gasteiger partial charge on any atom is -0.495 e. The van der Waals surface area contributed by atoms with Crippen molar-refractivity contribution in [1.82, 2.24) is 10.6 Å². The molecule has 1 saturated heterocycles. The number of nitrogens with zero attached hydrogens (tertiary/aromatic N) is 1. The van der Waals surface area contributed by atoms with E-state index >= 15 is 0 Å². The van der Waals surface area contributed by atoms with E-state index in [0.717, 1.165) is 30.9 Å². The predicted octanol–water partition coefficient (Wildman–Crippen LogP) is 2.88. The molecule has 1 aliphatic rings. The van der Waals surface area contributed by atoms with Gasteiger partial charge in [-0.15, -0.1) is 0 Å². The molecule has 2 rings (SSSR count). The summed E-state index contributed by atoms with van der Waals surface area (Å²) in [6.45, 7) is 6.45. The fourth-order valence-corrected chi connectivity index (χ4v) is 2.71. The summed E-state index contributed by atoms with van der Waals surface area (Å²) in [6.07, 6.45) is 0.908. The Morgan fingerprint density at radius 3 is 2.95 bits per heavy atom. The molecule has 0 saturated carbocycles. The first-order valence-electron chi connectivity index (χ1n) is 7.62. The van der Waals surface area contributed by atoms with Crippen molar-refractivity contribution in [3.8, 4) is 5.75 Å². The van der Waals surface area contributed by atoms with Gasteiger partial charge in [0.1, 0.15) is 5.75 Å². The van der Waals surface area contributed by atoms with Crippen LogP contribution < -0.4 is 20.3 Å². The van der Waals surface area contributed by atoms with Gasteiger partial charge in [-0.1, -0.05) is 25.4 Å². The molecule has 1 atom stereocenters. The summed E-state index contributed by atoms with van der Waals surface area (Å²) < 4.78 is 5.39. The molecule has 1 aromatic carbocycles. The molecule has 1 heterocycles. The quantitative estimate of drug-likeness (QED) is 0.875. The van der Waals surface area contributed by atoms with Crippen LogP contribution in [0.3, 0.4) is 0 Å². The highest BCUT2D eigenvalue weighted by Gasteiger charge is 2.26. The number of carbonyl (C=O) groups excluding carboxylic acids is 1. The third kappa shape index (κ3) is 4.44. The van der Waals surface area contributed by atoms with E-state index in [1.165, 1.54) is 0 Å². The summed E-state index contributed by atoms with van der Waals surface area (Å²) in [5.74, 6) is 1.25. The number of urea groups is 1. The molecule has 122 valence electrons. The zero-order valence-corrected chi connectivity index (χ0v) is 14.1. The number of methoxy groups -OCH3 is 1. The van der Waals surface area contributed by atoms with Gasteiger partial charge in [0.05, 0.1) is 12.8 Å². The number of halogens is 1. The van der Waals surface area contributed by atoms with Gasteiger partial charge in [0.15, 0.2) is 0 Å². The van der Waals surface area contributed by atoms with Gasteiger partial charge in [0.2, 0.25) is 0 Å². The lowest BCUT2D eigenvalue weighted by atomic mass is 10.2. The lowest BCUT2D eigenvalue weighted by molar-refractivity contribution is 0.236. The van der Waals surface area contributed by atoms with Crippen LogP contribution in [0, 0.1) is 5.92 Å². The van der Waals surface area contributed by atoms with Crippen LogP contribution in [0.4, 0.5) is 10.5 Å². The molecular weight excluding hydrogens is 302 g/mol. The third-order valence-electron chi connectivity index (χ3n) is 3.68. The molecule has 1 fully saturated rings. The number of rotatable bonds is 5. The lowest BCUT2D eigenvalue weighted by Gasteiger charge is -2.22. The third-order valence-corrected chi connectivity index (χ3v) is 3.91. The summed E-state index contributed by atoms with van der Waals surface area (Å²) >= 11 is 6.08. The number of nitrogens with one attached hydrogen (secondary N) is 2. The van der Waals surface area contributed by atoms with Crippen molar-refractivity contribution in [2.75, 3.05) is 31.6 Å². The molecule has 2 N–H and O–H groups in total. The van der Waals surface area contributed by atoms with Crippen molar-refractivity contribution in [3.05, 3.63) is 23.2 Å². The van der Waals surface area contributed by atoms with Crippen LogP contribution in [0.15, 0.2) is 18.2 Å². The van der Waals surface area contributed by atoms with Gasteiger partial charge < -0.3 is 20.3 Å². The number of benzene rings is 1. The summed E-state index contributed by atoms with van der Waals surface area (Å²) in [5.41, 5.74) is 0.974. The first-order valence-corrected chi connectivity index (χ1v) is 8.00. The Balaban J connectivity index is 1.93. The topological polar surface area (TPSA) is 53.6 Å². The van der Waals surface area contributed by atoms with E-state index in [2.05, 4.69) is 29.4 Å². The van der Waals surface area contributed by atoms with E-state index in [1.807, 2.05) is 18.2 Å². The average molecular weight is 326 g/mol. The summed E-state index contributed by atoms with van der Waals surface area (Å²) in [6, 6.07) is 5.62. The summed E-state index contributed by atoms with van der Waals surface area (Å²) in [5, 5.41) is 6.58. The largest absolute Gasteiger partial charge is 0.495 e. The Hall–Kier alpha value is -1.62. The Morgan fingerprint density at radius 2 is 2.27 bits per heavy atom. The monoisotopic (exact) mass is 325 g/mol. The highest BCUT2D eigenvalue weighted by atomic mass is 35.5. The first kappa shape index (κ1) is 16.7. The normalized spacial score (nSPS) is 17.7. The fraction of sp³-hybridized carbons (Fsp3) is 0.562. The highest BCUT2D eigenvalue weighted by Crippen LogP contribution is 2.33. The zero-order valence-electron chi connectivity index (χ0n) is 13.4. The van der Waals surface area contributed by atoms with Crippen molar-refractivity contribution in [1.29, 1.82) is 0 Å². The van der Waals surface area contributed by atoms with Gasteiger partial charge in [0, 0.05) is 30.7 Å². The molecule has 2 amide bonds. The minimum absolute atomic E-state index is 0.0985. The maximum Gasteiger partial charge on any atom is 0.315 e. The number of amides is 2. The number of hydrogen-bond donors (Lipinski definition) is 2. The second-order valence-electron chi connectivity index (χ2n) is 6.00. The van der Waals surface area contributed by atoms with Crippen molar-refractivity contribution < 1.29 is 9.53 Å². The molecule has 1 aromatic rings. The smallest absolute Gasteiger partial charge is 0.315 e. The van der Waals surface area contributed by atoms with Crippen LogP contribution in [0.1, 0.15) is 20.3 Å². The second-order valence-corrected chi connectivity index (χ2v) is 6.43. The van der Waals surface area contributed by atoms with E-state index in [0.29, 0.717) is 17.5 Å². The molecule has 0 radical (unpaired) electrons. The van der Waals surface area contributed by atoms with E-state index in [-0.39, 0.29) is 12.1 Å². The van der Waals surface area contributed by atoms with E-state index in [9.17, 15) is 4.79 Å². The SMILES string of the molecule is COc1ccc(Cl)cc1N1CCC(NC(=O)NCC(C)C)C1. The minimum atomic E-state index is -0.0985. The van der Waals surface area contributed by atoms with Crippen LogP contribution in [-0.2, 0) is 0 Å². The summed E-state index contributed by atoms with van der Waals surface area (Å²) in [4.78, 5) is 14.0. The van der Waals surface area contributed by atoms with E-state index in [1.54, 1.807) is 7.11 Å². The molecule has 22 heavy (non-hydrogen) atoms. The molecule has 5 nitrogen and oxygen atoms in total. The summed E-state index contributed by atoms with van der Waals surface area (Å²) in [7, 11) is 1.65. The van der Waals surface area contributed by atoms with E-state index < -0.39 is 0 Å². The molecule has 0 aliphatic carbocycles. The van der Waals surface area contributed by atoms with Crippen molar-refractivity contribution in [3.63, 3.8) is 0 Å². The lowest BCUT2D eigenvalue weighted by Crippen LogP contribution is -2.44. The molecule has 0 bridgehead atoms. The Labute approximate surface area is 137 Å². The van der Waals surface area contributed by atoms with Crippen LogP contribution in [0.5, 0.6) is 5.75 Å². The van der Waals surface area contributed by atoms with Crippen molar-refractivity contribution in [2.45, 2.75) is 26.3 Å². The number of ether oxygens (including phenoxy) is 1. The van der Waals surface area contributed by atoms with Crippen LogP contribution in [-0.4, -0.2) is 38.8 Å². The van der Waals surface area contributed by atoms with Gasteiger partial charge in [0.25, 0.3) is 0 Å². The van der Waals surface area contributed by atoms with Gasteiger partial charge in [-0.3, -0.25) is 0 Å². The fourth-order valence-electron chi connectivity index (χ4n) is 2.54. The number of anilines is 1. The maximum absolute atomic E-state index is 11.8. The average Bonchev–Trinajstić information content (AvgIpc) is 2.93. The van der Waals surface area contributed by atoms with Crippen LogP contribution >= 0.6 is 11.6 Å². The first-order chi connectivity index (χ1) is 10.5. The Bertz CT molecular complexity index is 522. The van der Waals surface area contributed by atoms with Gasteiger partial charge in [-0.2, -0.15) is 0 Å². The van der Waals surface area contributed by atoms with Crippen molar-refractivity contribution in [2.24, 2.45) is 5.92 Å². The Kier molecular flexibility index (Phi) is 5.77. The van der Waals surface area contributed by atoms with Gasteiger partial charge in [-0.25, -0.2) is 4.79 Å². The number of carbonyl (C=O) groups is 1. The highest BCUT2D eigenvalue weighted by molar-refractivity contribution is 6.30. The molecule has 0 spiro atoms. The van der Waals surface area contributed by atoms with E-state index in [4.69, 9.17) is 16.3 Å². The van der Waals surface area contributed by atoms with Crippen LogP contribution in [0.2, 0.25) is 5.02 Å². The molecule has 6 heteroatoms. The van der Waals surface area contributed by atoms with Gasteiger partial charge >= 0.3 is 6.03 Å². The molecule has 1 unspecified atom stereocenters. The molecule has 0 aromatic heterocycles. The van der Waals surface area contributed by atoms with Crippen molar-refractivity contribution >= 4 is 23.3 Å². The number of hydrogen-bond acceptors (Lipinski definition) is 3. The zero-order chi connectivity index (χ0) is 16.1. The molecule has 1 aliphatic heterocycles. The van der Waals surface area contributed by atoms with Crippen LogP contribution in [0.25, 0.3) is 0 Å².